The quantitative estimate of drug-likeness (QED) is 0.719. The van der Waals surface area contributed by atoms with Crippen molar-refractivity contribution in [2.24, 2.45) is 0 Å². The molecule has 10 heteroatoms. The van der Waals surface area contributed by atoms with Gasteiger partial charge < -0.3 is 10.1 Å². The molecule has 0 aromatic carbocycles. The Morgan fingerprint density at radius 1 is 1.52 bits per heavy atom. The van der Waals surface area contributed by atoms with Gasteiger partial charge in [0, 0.05) is 12.7 Å². The second-order valence-corrected chi connectivity index (χ2v) is 4.80. The lowest BCUT2D eigenvalue weighted by Crippen LogP contribution is -2.28. The third kappa shape index (κ3) is 3.88. The van der Waals surface area contributed by atoms with Gasteiger partial charge in [-0.2, -0.15) is 5.10 Å². The molecule has 0 unspecified atom stereocenters. The van der Waals surface area contributed by atoms with E-state index in [1.54, 1.807) is 17.1 Å². The van der Waals surface area contributed by atoms with Crippen LogP contribution < -0.4 is 10.9 Å². The van der Waals surface area contributed by atoms with Crippen LogP contribution in [0.2, 0.25) is 0 Å². The van der Waals surface area contributed by atoms with Crippen LogP contribution in [0.25, 0.3) is 0 Å². The van der Waals surface area contributed by atoms with E-state index < -0.39 is 11.5 Å². The summed E-state index contributed by atoms with van der Waals surface area (Å²) >= 11 is 3.20. The number of carbonyl (C=O) groups is 1. The van der Waals surface area contributed by atoms with Gasteiger partial charge in [0.15, 0.2) is 0 Å². The molecule has 0 bridgehead atoms. The number of esters is 1. The zero-order valence-electron chi connectivity index (χ0n) is 11.2. The molecule has 0 aliphatic rings. The summed E-state index contributed by atoms with van der Waals surface area (Å²) in [6, 6.07) is 0. The molecule has 2 heterocycles. The maximum atomic E-state index is 12.0. The Hall–Kier alpha value is -2.23. The lowest BCUT2D eigenvalue weighted by atomic mass is 10.4. The molecule has 0 saturated carbocycles. The first kappa shape index (κ1) is 15.2. The molecule has 21 heavy (non-hydrogen) atoms. The first-order valence-corrected chi connectivity index (χ1v) is 6.81. The Kier molecular flexibility index (Phi) is 5.04. The van der Waals surface area contributed by atoms with E-state index in [-0.39, 0.29) is 6.54 Å². The van der Waals surface area contributed by atoms with Crippen molar-refractivity contribution in [1.82, 2.24) is 24.8 Å². The van der Waals surface area contributed by atoms with Crippen LogP contribution >= 0.6 is 15.9 Å². The average Bonchev–Trinajstić information content (AvgIpc) is 2.99. The molecule has 0 amide bonds. The monoisotopic (exact) mass is 356 g/mol. The number of nitrogens with one attached hydrogen (secondary N) is 1. The maximum absolute atomic E-state index is 12.0. The van der Waals surface area contributed by atoms with Crippen LogP contribution in [-0.2, 0) is 22.6 Å². The highest BCUT2D eigenvalue weighted by Gasteiger charge is 2.11. The predicted octanol–water partition coefficient (Wildman–Crippen LogP) is -0.118. The highest BCUT2D eigenvalue weighted by Crippen LogP contribution is 2.15. The molecule has 2 rings (SSSR count). The van der Waals surface area contributed by atoms with Crippen molar-refractivity contribution in [3.63, 3.8) is 0 Å². The molecule has 0 atom stereocenters. The van der Waals surface area contributed by atoms with E-state index in [0.29, 0.717) is 23.2 Å². The number of methoxy groups -OCH3 is 1. The number of aromatic nitrogens is 5. The summed E-state index contributed by atoms with van der Waals surface area (Å²) < 4.78 is 7.49. The zero-order valence-corrected chi connectivity index (χ0v) is 12.8. The molecule has 0 saturated heterocycles. The number of rotatable bonds is 6. The van der Waals surface area contributed by atoms with Crippen molar-refractivity contribution in [2.45, 2.75) is 13.1 Å². The first-order valence-electron chi connectivity index (χ1n) is 6.02. The van der Waals surface area contributed by atoms with E-state index in [4.69, 9.17) is 0 Å². The smallest absolute Gasteiger partial charge is 0.327 e. The van der Waals surface area contributed by atoms with Crippen molar-refractivity contribution in [3.8, 4) is 0 Å². The second kappa shape index (κ2) is 6.97. The van der Waals surface area contributed by atoms with Crippen LogP contribution in [0.3, 0.4) is 0 Å². The van der Waals surface area contributed by atoms with E-state index in [2.05, 4.69) is 41.4 Å². The molecule has 0 fully saturated rings. The topological polar surface area (TPSA) is 104 Å². The van der Waals surface area contributed by atoms with Crippen LogP contribution in [0.15, 0.2) is 27.9 Å². The normalized spacial score (nSPS) is 10.4. The summed E-state index contributed by atoms with van der Waals surface area (Å²) in [7, 11) is 1.25. The van der Waals surface area contributed by atoms with Gasteiger partial charge in [0.05, 0.1) is 31.7 Å². The molecular weight excluding hydrogens is 344 g/mol. The number of ether oxygens (including phenoxy) is 1. The van der Waals surface area contributed by atoms with Gasteiger partial charge in [-0.1, -0.05) is 5.21 Å². The largest absolute Gasteiger partial charge is 0.468 e. The van der Waals surface area contributed by atoms with Crippen molar-refractivity contribution in [3.05, 3.63) is 33.4 Å². The summed E-state index contributed by atoms with van der Waals surface area (Å²) in [5.74, 6) is -0.539. The Balaban J connectivity index is 2.02. The minimum absolute atomic E-state index is 0.229. The number of nitrogens with zero attached hydrogens (tertiary/aromatic N) is 5. The molecule has 0 spiro atoms. The minimum Gasteiger partial charge on any atom is -0.468 e. The zero-order chi connectivity index (χ0) is 15.2. The third-order valence-corrected chi connectivity index (χ3v) is 3.39. The Morgan fingerprint density at radius 3 is 3.00 bits per heavy atom. The fraction of sp³-hybridized carbons (Fsp3) is 0.364. The van der Waals surface area contributed by atoms with Crippen molar-refractivity contribution in [2.75, 3.05) is 19.0 Å². The van der Waals surface area contributed by atoms with Crippen LogP contribution in [0.4, 0.5) is 5.69 Å². The van der Waals surface area contributed by atoms with Crippen LogP contribution in [0.5, 0.6) is 0 Å². The average molecular weight is 357 g/mol. The van der Waals surface area contributed by atoms with Gasteiger partial charge in [0.1, 0.15) is 11.0 Å². The van der Waals surface area contributed by atoms with E-state index in [1.165, 1.54) is 13.3 Å². The molecule has 1 N–H and O–H groups in total. The second-order valence-electron chi connectivity index (χ2n) is 4.00. The summed E-state index contributed by atoms with van der Waals surface area (Å²) in [5, 5.41) is 14.5. The number of hydrogen-bond acceptors (Lipinski definition) is 7. The molecular formula is C11H13BrN6O3. The number of carbonyl (C=O) groups excluding carboxylic acids is 1. The highest BCUT2D eigenvalue weighted by molar-refractivity contribution is 9.10. The molecule has 2 aromatic rings. The molecule has 0 radical (unpaired) electrons. The molecule has 0 aliphatic heterocycles. The van der Waals surface area contributed by atoms with Crippen molar-refractivity contribution < 1.29 is 9.53 Å². The van der Waals surface area contributed by atoms with Crippen LogP contribution in [0, 0.1) is 0 Å². The maximum Gasteiger partial charge on any atom is 0.327 e. The summed E-state index contributed by atoms with van der Waals surface area (Å²) in [4.78, 5) is 23.2. The minimum atomic E-state index is -0.539. The molecule has 9 nitrogen and oxygen atoms in total. The van der Waals surface area contributed by atoms with Gasteiger partial charge in [-0.05, 0) is 15.9 Å². The summed E-state index contributed by atoms with van der Waals surface area (Å²) in [6.45, 7) is 0.912. The van der Waals surface area contributed by atoms with Gasteiger partial charge >= 0.3 is 5.97 Å². The Bertz CT molecular complexity index is 669. The van der Waals surface area contributed by atoms with Gasteiger partial charge in [-0.15, -0.1) is 5.10 Å². The highest BCUT2D eigenvalue weighted by atomic mass is 79.9. The first-order chi connectivity index (χ1) is 10.1. The van der Waals surface area contributed by atoms with Crippen molar-refractivity contribution >= 4 is 27.6 Å². The number of anilines is 1. The standard InChI is InChI=1S/C11H13BrN6O3/c1-21-9(19)7-18-11(20)10(12)8(6-15-18)13-2-4-17-5-3-14-16-17/h3,5-6,13H,2,4,7H2,1H3. The van der Waals surface area contributed by atoms with E-state index in [0.717, 1.165) is 4.68 Å². The van der Waals surface area contributed by atoms with Crippen LogP contribution in [-0.4, -0.2) is 44.4 Å². The van der Waals surface area contributed by atoms with Gasteiger partial charge in [-0.3, -0.25) is 14.3 Å². The summed E-state index contributed by atoms with van der Waals surface area (Å²) in [5.41, 5.74) is 0.132. The van der Waals surface area contributed by atoms with Crippen LogP contribution in [0.1, 0.15) is 0 Å². The number of hydrogen-bond donors (Lipinski definition) is 1. The van der Waals surface area contributed by atoms with Crippen molar-refractivity contribution in [1.29, 1.82) is 0 Å². The van der Waals surface area contributed by atoms with Gasteiger partial charge in [-0.25, -0.2) is 4.68 Å². The van der Waals surface area contributed by atoms with Gasteiger partial charge in [0.2, 0.25) is 0 Å². The van der Waals surface area contributed by atoms with E-state index >= 15 is 0 Å². The fourth-order valence-corrected chi connectivity index (χ4v) is 1.99. The summed E-state index contributed by atoms with van der Waals surface area (Å²) in [6.07, 6.45) is 4.80. The predicted molar refractivity (Wildman–Crippen MR) is 76.7 cm³/mol. The lowest BCUT2D eigenvalue weighted by Gasteiger charge is -2.09. The molecule has 112 valence electrons. The Morgan fingerprint density at radius 2 is 2.33 bits per heavy atom. The number of halogens is 1. The SMILES string of the molecule is COC(=O)Cn1ncc(NCCn2ccnn2)c(Br)c1=O. The van der Waals surface area contributed by atoms with E-state index in [9.17, 15) is 9.59 Å². The molecule has 2 aromatic heterocycles. The lowest BCUT2D eigenvalue weighted by molar-refractivity contribution is -0.141. The Labute approximate surface area is 128 Å². The molecule has 0 aliphatic carbocycles. The van der Waals surface area contributed by atoms with Gasteiger partial charge in [0.25, 0.3) is 5.56 Å². The van der Waals surface area contributed by atoms with E-state index in [1.807, 2.05) is 0 Å². The third-order valence-electron chi connectivity index (χ3n) is 2.62. The fourth-order valence-electron chi connectivity index (χ4n) is 1.54.